The molecule has 11 rings (SSSR count). The minimum atomic E-state index is 0. The van der Waals surface area contributed by atoms with E-state index in [4.69, 9.17) is 96.7 Å². The zero-order valence-corrected chi connectivity index (χ0v) is 47.3. The van der Waals surface area contributed by atoms with E-state index < -0.39 is 0 Å². The van der Waals surface area contributed by atoms with Crippen molar-refractivity contribution in [1.82, 2.24) is 59.8 Å². The Bertz CT molecular complexity index is 3300. The number of hydrogen-bond acceptors (Lipinski definition) is 20. The van der Waals surface area contributed by atoms with Crippen LogP contribution in [0, 0.1) is 0 Å². The summed E-state index contributed by atoms with van der Waals surface area (Å²) in [6.45, 7) is 5.92. The maximum absolute atomic E-state index is 6.40. The molecule has 0 N–H and O–H groups in total. The summed E-state index contributed by atoms with van der Waals surface area (Å²) in [6, 6.07) is 22.7. The zero-order chi connectivity index (χ0) is 56.6. The van der Waals surface area contributed by atoms with E-state index in [0.717, 1.165) is 0 Å². The fourth-order valence-corrected chi connectivity index (χ4v) is 8.41. The van der Waals surface area contributed by atoms with Crippen LogP contribution in [0.1, 0.15) is 0 Å². The molecule has 5 aromatic heterocycles. The normalized spacial score (nSPS) is 11.2. The molecule has 2 aliphatic rings. The summed E-state index contributed by atoms with van der Waals surface area (Å²) in [5.41, 5.74) is 3.85. The molecule has 24 nitrogen and oxygen atoms in total. The molecule has 0 saturated heterocycles. The molecule has 2 aliphatic heterocycles. The first-order valence-electron chi connectivity index (χ1n) is 26.4. The number of imidazole rings is 2. The van der Waals surface area contributed by atoms with Gasteiger partial charge in [-0.2, -0.15) is 0 Å². The largest absolute Gasteiger partial charge is 0.491 e. The van der Waals surface area contributed by atoms with Crippen LogP contribution in [0.2, 0.25) is 0 Å². The van der Waals surface area contributed by atoms with E-state index in [1.807, 2.05) is 72.8 Å². The Hall–Kier alpha value is -7.95. The smallest absolute Gasteiger partial charge is 0.129 e. The van der Waals surface area contributed by atoms with Crippen LogP contribution in [-0.4, -0.2) is 174 Å². The topological polar surface area (TPSA) is 270 Å². The molecular weight excluding hydrogens is 1120 g/mol. The number of hydrogen-bond donors (Lipinski definition) is 0. The quantitative estimate of drug-likeness (QED) is 0.0482. The first-order valence-corrected chi connectivity index (χ1v) is 26.4. The Morgan fingerprint density at radius 2 is 0.687 bits per heavy atom. The molecule has 0 aliphatic carbocycles. The molecule has 4 aromatic carbocycles. The summed E-state index contributed by atoms with van der Waals surface area (Å²) in [6.07, 6.45) is 9.56. The van der Waals surface area contributed by atoms with Crippen molar-refractivity contribution < 1.29 is 73.6 Å². The number of fused-ring (bicyclic) bond motifs is 20. The Morgan fingerprint density at radius 1 is 0.349 bits per heavy atom. The van der Waals surface area contributed by atoms with E-state index in [1.165, 1.54) is 12.7 Å². The van der Waals surface area contributed by atoms with Gasteiger partial charge < -0.3 is 107 Å². The van der Waals surface area contributed by atoms with Gasteiger partial charge in [0.05, 0.1) is 114 Å². The second-order valence-electron chi connectivity index (χ2n) is 17.4. The van der Waals surface area contributed by atoms with E-state index in [9.17, 15) is 0 Å². The minimum absolute atomic E-state index is 0. The van der Waals surface area contributed by atoms with Gasteiger partial charge in [-0.05, 0) is 35.0 Å². The summed E-state index contributed by atoms with van der Waals surface area (Å²) in [5, 5.41) is 2.55. The first-order chi connectivity index (χ1) is 40.6. The molecule has 0 unspecified atom stereocenters. The molecular formula is C58H62CoN12O12-4. The number of ether oxygens (including phenoxy) is 12. The van der Waals surface area contributed by atoms with Crippen molar-refractivity contribution in [2.45, 2.75) is 0 Å². The fraction of sp³-hybridized carbons (Fsp3) is 0.345. The number of benzene rings is 4. The van der Waals surface area contributed by atoms with Gasteiger partial charge in [0.1, 0.15) is 49.4 Å². The fourth-order valence-electron chi connectivity index (χ4n) is 8.41. The van der Waals surface area contributed by atoms with Crippen LogP contribution in [0.3, 0.4) is 0 Å². The summed E-state index contributed by atoms with van der Waals surface area (Å²) >= 11 is 0. The van der Waals surface area contributed by atoms with Gasteiger partial charge in [-0.25, -0.2) is 9.97 Å². The Labute approximate surface area is 488 Å². The second-order valence-corrected chi connectivity index (χ2v) is 17.4. The van der Waals surface area contributed by atoms with Crippen LogP contribution >= 0.6 is 0 Å². The van der Waals surface area contributed by atoms with Gasteiger partial charge in [0.15, 0.2) is 0 Å². The SMILES string of the molecule is COCCOCCOc1cccc2c1-c1nc-2nc2[n-]c(nc3nc(nc4[n-]c(n1)c1cccc(OCCOCCOC)c41)-c1cccc(OCCOCCOC)c1-3)c1cccc(OCCOCCOC)c21.[Co].c1c[n-]cn1.c1c[n-]cn1. The number of aromatic nitrogens is 12. The molecule has 25 heteroatoms. The monoisotopic (exact) mass is 1180 g/mol. The number of nitrogens with zero attached hydrogens (tertiary/aromatic N) is 12. The first kappa shape index (κ1) is 61.1. The summed E-state index contributed by atoms with van der Waals surface area (Å²) in [7, 11) is 6.52. The zero-order valence-electron chi connectivity index (χ0n) is 46.3. The van der Waals surface area contributed by atoms with Crippen LogP contribution in [0.25, 0.3) is 89.7 Å². The third-order valence-electron chi connectivity index (χ3n) is 12.1. The summed E-state index contributed by atoms with van der Waals surface area (Å²) in [4.78, 5) is 55.7. The van der Waals surface area contributed by atoms with E-state index in [2.05, 4.69) is 19.9 Å². The van der Waals surface area contributed by atoms with Gasteiger partial charge in [-0.15, -0.1) is 0 Å². The molecule has 0 saturated carbocycles. The molecule has 7 heterocycles. The third kappa shape index (κ3) is 16.2. The molecule has 0 fully saturated rings. The predicted octanol–water partition coefficient (Wildman–Crippen LogP) is 6.37. The van der Waals surface area contributed by atoms with Gasteiger partial charge in [0.25, 0.3) is 0 Å². The predicted molar refractivity (Wildman–Crippen MR) is 302 cm³/mol. The third-order valence-corrected chi connectivity index (χ3v) is 12.1. The Balaban J connectivity index is 0.000000740. The van der Waals surface area contributed by atoms with Gasteiger partial charge in [0.2, 0.25) is 0 Å². The van der Waals surface area contributed by atoms with Crippen molar-refractivity contribution in [2.24, 2.45) is 0 Å². The van der Waals surface area contributed by atoms with E-state index >= 15 is 0 Å². The van der Waals surface area contributed by atoms with Crippen molar-refractivity contribution in [3.63, 3.8) is 0 Å². The minimum Gasteiger partial charge on any atom is -0.491 e. The maximum atomic E-state index is 6.40. The molecule has 1 radical (unpaired) electrons. The van der Waals surface area contributed by atoms with Crippen molar-refractivity contribution >= 4 is 44.1 Å². The van der Waals surface area contributed by atoms with Crippen molar-refractivity contribution in [3.8, 4) is 68.5 Å². The molecule has 8 bridgehead atoms. The average molecular weight is 1180 g/mol. The van der Waals surface area contributed by atoms with Crippen molar-refractivity contribution in [2.75, 3.05) is 134 Å². The van der Waals surface area contributed by atoms with Gasteiger partial charge in [0, 0.05) is 89.7 Å². The standard InChI is InChI=1S/C52H56N8O12.2C3H3N2.Co/c1-61-17-21-65-25-29-69-37-13-5-9-33-41(37)49-53-45(33)58-50-43-35(11-7-15-39(43)71-31-27-67-23-19-63-3)47(55-50)60-52-44-36(12-8-16-40(44)72-32-28-68-24-20-64-4)48(56-52)59-51-42-34(46(54-51)57-49)10-6-14-38(42)70-30-26-66-22-18-62-2;2*1-2-5-3-4-1;/h5-16H,17-32H2,1-4H3;2*1-3H;/q-2;2*-1;. The molecule has 0 amide bonds. The maximum Gasteiger partial charge on any atom is 0.129 e. The molecule has 9 aromatic rings. The molecule has 83 heavy (non-hydrogen) atoms. The van der Waals surface area contributed by atoms with Gasteiger partial charge in [-0.3, -0.25) is 0 Å². The second kappa shape index (κ2) is 32.6. The summed E-state index contributed by atoms with van der Waals surface area (Å²) < 4.78 is 69.1. The summed E-state index contributed by atoms with van der Waals surface area (Å²) in [5.74, 6) is 3.41. The van der Waals surface area contributed by atoms with E-state index in [1.54, 1.807) is 53.2 Å². The number of methoxy groups -OCH3 is 4. The Morgan fingerprint density at radius 3 is 1.02 bits per heavy atom. The van der Waals surface area contributed by atoms with Crippen molar-refractivity contribution in [3.05, 3.63) is 110 Å². The van der Waals surface area contributed by atoms with Gasteiger partial charge in [-0.1, -0.05) is 86.0 Å². The Kier molecular flexibility index (Phi) is 24.0. The molecule has 0 spiro atoms. The average Bonchev–Trinajstić information content (AvgIpc) is 3.88. The van der Waals surface area contributed by atoms with Crippen molar-refractivity contribution in [1.29, 1.82) is 0 Å². The molecule has 439 valence electrons. The molecule has 0 atom stereocenters. The van der Waals surface area contributed by atoms with Crippen LogP contribution in [-0.2, 0) is 54.7 Å². The van der Waals surface area contributed by atoms with E-state index in [-0.39, 0.29) is 43.2 Å². The van der Waals surface area contributed by atoms with Crippen LogP contribution in [0.5, 0.6) is 23.0 Å². The van der Waals surface area contributed by atoms with E-state index in [0.29, 0.717) is 192 Å². The van der Waals surface area contributed by atoms with Gasteiger partial charge >= 0.3 is 0 Å². The number of rotatable bonds is 28. The van der Waals surface area contributed by atoms with Crippen LogP contribution < -0.4 is 38.9 Å². The van der Waals surface area contributed by atoms with Crippen LogP contribution in [0.4, 0.5) is 0 Å². The van der Waals surface area contributed by atoms with Crippen LogP contribution in [0.15, 0.2) is 110 Å².